The molecule has 7 heteroatoms. The van der Waals surface area contributed by atoms with Gasteiger partial charge in [-0.2, -0.15) is 13.2 Å². The third kappa shape index (κ3) is 5.87. The van der Waals surface area contributed by atoms with E-state index >= 15 is 0 Å². The highest BCUT2D eigenvalue weighted by atomic mass is 31.2. The fraction of sp³-hybridized carbons (Fsp3) is 1.00. The summed E-state index contributed by atoms with van der Waals surface area (Å²) in [6, 6.07) is 0. The van der Waals surface area contributed by atoms with Gasteiger partial charge in [0.25, 0.3) is 0 Å². The van der Waals surface area contributed by atoms with Crippen LogP contribution in [0.3, 0.4) is 0 Å². The summed E-state index contributed by atoms with van der Waals surface area (Å²) in [5.41, 5.74) is 0. The molecule has 1 N–H and O–H groups in total. The molecule has 0 aliphatic heterocycles. The van der Waals surface area contributed by atoms with Gasteiger partial charge in [-0.05, 0) is 12.8 Å². The summed E-state index contributed by atoms with van der Waals surface area (Å²) >= 11 is 0. The van der Waals surface area contributed by atoms with Crippen LogP contribution in [0.15, 0.2) is 0 Å². The molecule has 1 aliphatic rings. The number of halogens is 3. The quantitative estimate of drug-likeness (QED) is 0.787. The van der Waals surface area contributed by atoms with E-state index in [9.17, 15) is 22.6 Å². The lowest BCUT2D eigenvalue weighted by molar-refractivity contribution is -0.130. The highest BCUT2D eigenvalue weighted by Crippen LogP contribution is 2.47. The van der Waals surface area contributed by atoms with Crippen LogP contribution in [-0.4, -0.2) is 23.3 Å². The molecule has 0 spiro atoms. The van der Waals surface area contributed by atoms with Crippen LogP contribution in [0.5, 0.6) is 0 Å². The molecule has 0 heterocycles. The van der Waals surface area contributed by atoms with Crippen LogP contribution >= 0.6 is 7.60 Å². The Hall–Kier alpha value is -0.0600. The average Bonchev–Trinajstić information content (AvgIpc) is 2.15. The van der Waals surface area contributed by atoms with Crippen LogP contribution in [0.25, 0.3) is 0 Å². The maximum absolute atomic E-state index is 11.9. The second-order valence-electron chi connectivity index (χ2n) is 4.09. The molecule has 0 amide bonds. The van der Waals surface area contributed by atoms with Crippen LogP contribution in [0, 0.1) is 0 Å². The van der Waals surface area contributed by atoms with Crippen LogP contribution in [0.2, 0.25) is 0 Å². The monoisotopic (exact) mass is 260 g/mol. The highest BCUT2D eigenvalue weighted by molar-refractivity contribution is 7.52. The van der Waals surface area contributed by atoms with Crippen molar-refractivity contribution < 1.29 is 27.2 Å². The maximum atomic E-state index is 11.9. The van der Waals surface area contributed by atoms with E-state index in [0.717, 1.165) is 19.3 Å². The van der Waals surface area contributed by atoms with Crippen molar-refractivity contribution in [2.24, 2.45) is 0 Å². The molecule has 0 aromatic carbocycles. The molecule has 0 aromatic heterocycles. The summed E-state index contributed by atoms with van der Waals surface area (Å²) in [4.78, 5) is 9.26. The number of hydrogen-bond donors (Lipinski definition) is 1. The Morgan fingerprint density at radius 1 is 1.25 bits per heavy atom. The predicted octanol–water partition coefficient (Wildman–Crippen LogP) is 3.47. The maximum Gasteiger partial charge on any atom is 0.389 e. The van der Waals surface area contributed by atoms with Gasteiger partial charge < -0.3 is 9.42 Å². The van der Waals surface area contributed by atoms with Gasteiger partial charge in [-0.3, -0.25) is 4.57 Å². The van der Waals surface area contributed by atoms with E-state index in [2.05, 4.69) is 0 Å². The number of alkyl halides is 3. The molecular weight excluding hydrogens is 244 g/mol. The van der Waals surface area contributed by atoms with Crippen LogP contribution in [-0.2, 0) is 9.09 Å². The third-order valence-electron chi connectivity index (χ3n) is 2.54. The largest absolute Gasteiger partial charge is 0.389 e. The van der Waals surface area contributed by atoms with Gasteiger partial charge in [0.2, 0.25) is 0 Å². The Kier molecular flexibility index (Phi) is 4.83. The second kappa shape index (κ2) is 5.52. The summed E-state index contributed by atoms with van der Waals surface area (Å²) in [6.45, 7) is 0. The van der Waals surface area contributed by atoms with Crippen molar-refractivity contribution in [1.29, 1.82) is 0 Å². The fourth-order valence-corrected chi connectivity index (χ4v) is 3.04. The zero-order valence-corrected chi connectivity index (χ0v) is 9.77. The normalized spacial score (nSPS) is 23.0. The molecule has 1 rings (SSSR count). The summed E-state index contributed by atoms with van der Waals surface area (Å²) in [7, 11) is -4.08. The molecule has 0 bridgehead atoms. The number of rotatable bonds is 4. The molecule has 1 saturated carbocycles. The Bertz CT molecular complexity index is 261. The summed E-state index contributed by atoms with van der Waals surface area (Å²) < 4.78 is 51.9. The van der Waals surface area contributed by atoms with E-state index in [1.54, 1.807) is 0 Å². The minimum atomic E-state index is -4.41. The van der Waals surface area contributed by atoms with Crippen molar-refractivity contribution in [2.75, 3.05) is 6.16 Å². The Labute approximate surface area is 92.5 Å². The Morgan fingerprint density at radius 2 is 1.81 bits per heavy atom. The molecule has 96 valence electrons. The molecular formula is C9H16F3O3P. The lowest BCUT2D eigenvalue weighted by Gasteiger charge is -2.24. The van der Waals surface area contributed by atoms with Crippen molar-refractivity contribution in [3.8, 4) is 0 Å². The van der Waals surface area contributed by atoms with Crippen LogP contribution in [0.4, 0.5) is 13.2 Å². The zero-order valence-electron chi connectivity index (χ0n) is 8.87. The van der Waals surface area contributed by atoms with Crippen LogP contribution < -0.4 is 0 Å². The van der Waals surface area contributed by atoms with Gasteiger partial charge in [0, 0.05) is 0 Å². The van der Waals surface area contributed by atoms with Crippen molar-refractivity contribution in [3.63, 3.8) is 0 Å². The van der Waals surface area contributed by atoms with Crippen molar-refractivity contribution in [2.45, 2.75) is 50.8 Å². The molecule has 1 unspecified atom stereocenters. The van der Waals surface area contributed by atoms with Crippen molar-refractivity contribution in [3.05, 3.63) is 0 Å². The molecule has 0 saturated heterocycles. The van der Waals surface area contributed by atoms with Gasteiger partial charge in [0.1, 0.15) is 0 Å². The fourth-order valence-electron chi connectivity index (χ4n) is 1.72. The molecule has 1 fully saturated rings. The SMILES string of the molecule is O=P(O)(CCC(F)(F)F)OC1CCCCC1. The van der Waals surface area contributed by atoms with Gasteiger partial charge in [0.05, 0.1) is 18.7 Å². The first kappa shape index (κ1) is 14.0. The standard InChI is InChI=1S/C9H16F3O3P/c10-9(11,12)6-7-16(13,14)15-8-4-2-1-3-5-8/h8H,1-7H2,(H,13,14). The summed E-state index contributed by atoms with van der Waals surface area (Å²) in [5.74, 6) is 0. The zero-order chi connectivity index (χ0) is 12.2. The predicted molar refractivity (Wildman–Crippen MR) is 53.3 cm³/mol. The first-order valence-electron chi connectivity index (χ1n) is 5.35. The van der Waals surface area contributed by atoms with Gasteiger partial charge in [0.15, 0.2) is 0 Å². The smallest absolute Gasteiger partial charge is 0.324 e. The van der Waals surface area contributed by atoms with E-state index in [1.165, 1.54) is 0 Å². The second-order valence-corrected chi connectivity index (χ2v) is 6.02. The topological polar surface area (TPSA) is 46.5 Å². The third-order valence-corrected chi connectivity index (χ3v) is 3.96. The molecule has 1 atom stereocenters. The first-order chi connectivity index (χ1) is 7.29. The van der Waals surface area contributed by atoms with Gasteiger partial charge >= 0.3 is 13.8 Å². The van der Waals surface area contributed by atoms with Gasteiger partial charge in [-0.15, -0.1) is 0 Å². The van der Waals surface area contributed by atoms with Crippen molar-refractivity contribution in [1.82, 2.24) is 0 Å². The molecule has 0 radical (unpaired) electrons. The van der Waals surface area contributed by atoms with E-state index in [0.29, 0.717) is 12.8 Å². The average molecular weight is 260 g/mol. The molecule has 16 heavy (non-hydrogen) atoms. The lowest BCUT2D eigenvalue weighted by atomic mass is 9.98. The van der Waals surface area contributed by atoms with E-state index < -0.39 is 26.4 Å². The lowest BCUT2D eigenvalue weighted by Crippen LogP contribution is -2.17. The van der Waals surface area contributed by atoms with Crippen molar-refractivity contribution >= 4 is 7.60 Å². The van der Waals surface area contributed by atoms with Gasteiger partial charge in [-0.25, -0.2) is 0 Å². The van der Waals surface area contributed by atoms with Gasteiger partial charge in [-0.1, -0.05) is 19.3 Å². The summed E-state index contributed by atoms with van der Waals surface area (Å²) in [5, 5.41) is 0. The Morgan fingerprint density at radius 3 is 2.31 bits per heavy atom. The molecule has 0 aromatic rings. The van der Waals surface area contributed by atoms with E-state index in [-0.39, 0.29) is 6.10 Å². The molecule has 1 aliphatic carbocycles. The molecule has 3 nitrogen and oxygen atoms in total. The first-order valence-corrected chi connectivity index (χ1v) is 7.12. The Balaban J connectivity index is 2.35. The highest BCUT2D eigenvalue weighted by Gasteiger charge is 2.34. The van der Waals surface area contributed by atoms with E-state index in [1.807, 2.05) is 0 Å². The summed E-state index contributed by atoms with van der Waals surface area (Å²) in [6.07, 6.45) is -2.67. The number of hydrogen-bond acceptors (Lipinski definition) is 2. The van der Waals surface area contributed by atoms with E-state index in [4.69, 9.17) is 4.52 Å². The van der Waals surface area contributed by atoms with Crippen LogP contribution in [0.1, 0.15) is 38.5 Å². The minimum Gasteiger partial charge on any atom is -0.324 e. The minimum absolute atomic E-state index is 0.349.